The minimum Gasteiger partial charge on any atom is -0.387 e. The lowest BCUT2D eigenvalue weighted by Crippen LogP contribution is -2.11. The van der Waals surface area contributed by atoms with Crippen LogP contribution in [-0.2, 0) is 0 Å². The highest BCUT2D eigenvalue weighted by molar-refractivity contribution is 9.10. The maximum Gasteiger partial charge on any atom is 0.137 e. The Labute approximate surface area is 90.5 Å². The van der Waals surface area contributed by atoms with Crippen molar-refractivity contribution in [1.29, 1.82) is 0 Å². The van der Waals surface area contributed by atoms with Gasteiger partial charge in [0.15, 0.2) is 0 Å². The fourth-order valence-corrected chi connectivity index (χ4v) is 1.25. The van der Waals surface area contributed by atoms with Crippen molar-refractivity contribution in [2.24, 2.45) is 5.73 Å². The summed E-state index contributed by atoms with van der Waals surface area (Å²) in [4.78, 5) is 0. The monoisotopic (exact) mass is 269 g/mol. The van der Waals surface area contributed by atoms with E-state index in [9.17, 15) is 9.50 Å². The molecule has 1 atom stereocenters. The van der Waals surface area contributed by atoms with Gasteiger partial charge in [-0.1, -0.05) is 6.07 Å². The number of rotatable bonds is 2. The van der Waals surface area contributed by atoms with Crippen LogP contribution in [0.5, 0.6) is 0 Å². The van der Waals surface area contributed by atoms with Crippen molar-refractivity contribution in [3.8, 4) is 0 Å². The van der Waals surface area contributed by atoms with E-state index in [-0.39, 0.29) is 24.8 Å². The van der Waals surface area contributed by atoms with Gasteiger partial charge in [-0.25, -0.2) is 4.39 Å². The normalized spacial score (nSPS) is 12.0. The minimum absolute atomic E-state index is 0. The van der Waals surface area contributed by atoms with Crippen LogP contribution < -0.4 is 5.73 Å². The molecule has 0 radical (unpaired) electrons. The Morgan fingerprint density at radius 3 is 2.62 bits per heavy atom. The molecule has 0 fully saturated rings. The zero-order valence-corrected chi connectivity index (χ0v) is 9.11. The number of aliphatic hydroxyl groups is 1. The van der Waals surface area contributed by atoms with E-state index in [1.807, 2.05) is 0 Å². The van der Waals surface area contributed by atoms with E-state index in [0.717, 1.165) is 0 Å². The fourth-order valence-electron chi connectivity index (χ4n) is 0.856. The maximum atomic E-state index is 12.7. The number of halogens is 3. The van der Waals surface area contributed by atoms with E-state index in [1.165, 1.54) is 18.2 Å². The van der Waals surface area contributed by atoms with E-state index in [1.54, 1.807) is 0 Å². The molecule has 1 aromatic carbocycles. The predicted molar refractivity (Wildman–Crippen MR) is 55.4 cm³/mol. The van der Waals surface area contributed by atoms with Crippen LogP contribution in [0.3, 0.4) is 0 Å². The molecule has 13 heavy (non-hydrogen) atoms. The summed E-state index contributed by atoms with van der Waals surface area (Å²) in [7, 11) is 0. The zero-order valence-electron chi connectivity index (χ0n) is 6.71. The molecular weight excluding hydrogens is 260 g/mol. The number of hydrogen-bond donors (Lipinski definition) is 2. The molecule has 0 saturated carbocycles. The third kappa shape index (κ3) is 3.23. The van der Waals surface area contributed by atoms with Gasteiger partial charge in [-0.3, -0.25) is 0 Å². The second-order valence-corrected chi connectivity index (χ2v) is 3.28. The largest absolute Gasteiger partial charge is 0.387 e. The molecule has 0 aromatic heterocycles. The lowest BCUT2D eigenvalue weighted by Gasteiger charge is -2.07. The van der Waals surface area contributed by atoms with Crippen LogP contribution in [-0.4, -0.2) is 11.7 Å². The molecule has 3 N–H and O–H groups in total. The molecule has 0 spiro atoms. The highest BCUT2D eigenvalue weighted by atomic mass is 79.9. The van der Waals surface area contributed by atoms with E-state index >= 15 is 0 Å². The Morgan fingerprint density at radius 1 is 1.54 bits per heavy atom. The van der Waals surface area contributed by atoms with E-state index in [4.69, 9.17) is 5.73 Å². The van der Waals surface area contributed by atoms with Crippen LogP contribution in [0.1, 0.15) is 11.7 Å². The summed E-state index contributed by atoms with van der Waals surface area (Å²) in [5.41, 5.74) is 5.85. The summed E-state index contributed by atoms with van der Waals surface area (Å²) < 4.78 is 13.0. The number of nitrogens with two attached hydrogens (primary N) is 1. The third-order valence-corrected chi connectivity index (χ3v) is 2.16. The summed E-state index contributed by atoms with van der Waals surface area (Å²) in [6, 6.07) is 4.32. The van der Waals surface area contributed by atoms with Crippen molar-refractivity contribution in [2.45, 2.75) is 6.10 Å². The molecular formula is C8H10BrClFNO. The van der Waals surface area contributed by atoms with Gasteiger partial charge in [0.2, 0.25) is 0 Å². The van der Waals surface area contributed by atoms with Crippen molar-refractivity contribution >= 4 is 28.3 Å². The molecule has 1 aromatic rings. The standard InChI is InChI=1S/C8H9BrFNO.ClH/c9-6-3-5(8(12)4-11)1-2-7(6)10;/h1-3,8,12H,4,11H2;1H/t8-;/m0./s1. The van der Waals surface area contributed by atoms with Crippen LogP contribution in [0.15, 0.2) is 22.7 Å². The average molecular weight is 271 g/mol. The quantitative estimate of drug-likeness (QED) is 0.863. The fraction of sp³-hybridized carbons (Fsp3) is 0.250. The molecule has 5 heteroatoms. The van der Waals surface area contributed by atoms with Crippen LogP contribution in [0.4, 0.5) is 4.39 Å². The van der Waals surface area contributed by atoms with Gasteiger partial charge in [0.05, 0.1) is 10.6 Å². The average Bonchev–Trinajstić information content (AvgIpc) is 2.08. The minimum atomic E-state index is -0.720. The molecule has 0 unspecified atom stereocenters. The van der Waals surface area contributed by atoms with Crippen LogP contribution in [0.2, 0.25) is 0 Å². The number of aliphatic hydroxyl groups excluding tert-OH is 1. The lowest BCUT2D eigenvalue weighted by molar-refractivity contribution is 0.186. The second-order valence-electron chi connectivity index (χ2n) is 2.43. The van der Waals surface area contributed by atoms with E-state index in [2.05, 4.69) is 15.9 Å². The molecule has 0 aliphatic rings. The predicted octanol–water partition coefficient (Wildman–Crippen LogP) is 2.00. The van der Waals surface area contributed by atoms with Gasteiger partial charge in [0, 0.05) is 6.54 Å². The first kappa shape index (κ1) is 12.8. The molecule has 0 amide bonds. The first-order valence-electron chi connectivity index (χ1n) is 3.48. The molecule has 0 bridgehead atoms. The van der Waals surface area contributed by atoms with Crippen LogP contribution in [0.25, 0.3) is 0 Å². The van der Waals surface area contributed by atoms with E-state index in [0.29, 0.717) is 10.0 Å². The highest BCUT2D eigenvalue weighted by Crippen LogP contribution is 2.20. The highest BCUT2D eigenvalue weighted by Gasteiger charge is 2.06. The van der Waals surface area contributed by atoms with Crippen LogP contribution >= 0.6 is 28.3 Å². The number of benzene rings is 1. The first-order valence-corrected chi connectivity index (χ1v) is 4.27. The van der Waals surface area contributed by atoms with Crippen molar-refractivity contribution in [3.63, 3.8) is 0 Å². The van der Waals surface area contributed by atoms with Crippen molar-refractivity contribution in [2.75, 3.05) is 6.54 Å². The summed E-state index contributed by atoms with van der Waals surface area (Å²) >= 11 is 3.02. The Kier molecular flexibility index (Phi) is 5.48. The molecule has 0 aliphatic carbocycles. The van der Waals surface area contributed by atoms with Crippen molar-refractivity contribution < 1.29 is 9.50 Å². The summed E-state index contributed by atoms with van der Waals surface area (Å²) in [6.07, 6.45) is -0.720. The van der Waals surface area contributed by atoms with Gasteiger partial charge in [0.1, 0.15) is 5.82 Å². The van der Waals surface area contributed by atoms with Gasteiger partial charge in [-0.2, -0.15) is 0 Å². The molecule has 1 rings (SSSR count). The smallest absolute Gasteiger partial charge is 0.137 e. The Balaban J connectivity index is 0.00000144. The molecule has 0 aliphatic heterocycles. The zero-order chi connectivity index (χ0) is 9.14. The lowest BCUT2D eigenvalue weighted by atomic mass is 10.1. The van der Waals surface area contributed by atoms with Gasteiger partial charge in [0.25, 0.3) is 0 Å². The van der Waals surface area contributed by atoms with Gasteiger partial charge < -0.3 is 10.8 Å². The van der Waals surface area contributed by atoms with Gasteiger partial charge in [-0.15, -0.1) is 12.4 Å². The second kappa shape index (κ2) is 5.54. The SMILES string of the molecule is Cl.NC[C@H](O)c1ccc(F)c(Br)c1. The Morgan fingerprint density at radius 2 is 2.15 bits per heavy atom. The third-order valence-electron chi connectivity index (χ3n) is 1.55. The number of hydrogen-bond acceptors (Lipinski definition) is 2. The topological polar surface area (TPSA) is 46.2 Å². The molecule has 0 heterocycles. The summed E-state index contributed by atoms with van der Waals surface area (Å²) in [5.74, 6) is -0.344. The summed E-state index contributed by atoms with van der Waals surface area (Å²) in [5, 5.41) is 9.28. The van der Waals surface area contributed by atoms with Gasteiger partial charge >= 0.3 is 0 Å². The van der Waals surface area contributed by atoms with Gasteiger partial charge in [-0.05, 0) is 33.6 Å². The summed E-state index contributed by atoms with van der Waals surface area (Å²) in [6.45, 7) is 0.137. The Hall–Kier alpha value is -0.160. The maximum absolute atomic E-state index is 12.7. The van der Waals surface area contributed by atoms with E-state index < -0.39 is 6.10 Å². The van der Waals surface area contributed by atoms with Crippen molar-refractivity contribution in [3.05, 3.63) is 34.1 Å². The first-order chi connectivity index (χ1) is 5.65. The molecule has 2 nitrogen and oxygen atoms in total. The Bertz CT molecular complexity index is 285. The van der Waals surface area contributed by atoms with Crippen LogP contribution in [0, 0.1) is 5.82 Å². The van der Waals surface area contributed by atoms with Crippen molar-refractivity contribution in [1.82, 2.24) is 0 Å². The molecule has 0 saturated heterocycles. The molecule has 74 valence electrons.